The molecule has 0 aliphatic carbocycles. The molecule has 14 heavy (non-hydrogen) atoms. The van der Waals surface area contributed by atoms with Crippen molar-refractivity contribution < 1.29 is 4.84 Å². The lowest BCUT2D eigenvalue weighted by molar-refractivity contribution is 0.269. The van der Waals surface area contributed by atoms with Gasteiger partial charge >= 0.3 is 0 Å². The average Bonchev–Trinajstić information content (AvgIpc) is 2.62. The highest BCUT2D eigenvalue weighted by molar-refractivity contribution is 7.97. The molecule has 0 aromatic carbocycles. The number of anilines is 1. The van der Waals surface area contributed by atoms with Gasteiger partial charge in [-0.3, -0.25) is 8.81 Å². The molecule has 2 heterocycles. The molecule has 74 valence electrons. The third kappa shape index (κ3) is 1.40. The van der Waals surface area contributed by atoms with Gasteiger partial charge in [0, 0.05) is 6.26 Å². The van der Waals surface area contributed by atoms with Gasteiger partial charge in [-0.2, -0.15) is 0 Å². The fraction of sp³-hybridized carbons (Fsp3) is 0.286. The Hall–Kier alpha value is -1.34. The Balaban J connectivity index is 2.62. The van der Waals surface area contributed by atoms with Crippen LogP contribution in [0.2, 0.25) is 0 Å². The second-order valence-electron chi connectivity index (χ2n) is 2.45. The van der Waals surface area contributed by atoms with E-state index in [0.29, 0.717) is 11.5 Å². The smallest absolute Gasteiger partial charge is 0.183 e. The molecular formula is C7H9N5OS. The molecule has 0 aliphatic rings. The molecule has 0 radical (unpaired) electrons. The highest BCUT2D eigenvalue weighted by Crippen LogP contribution is 2.21. The van der Waals surface area contributed by atoms with Crippen molar-refractivity contribution in [3.8, 4) is 0 Å². The van der Waals surface area contributed by atoms with Crippen LogP contribution in [0.5, 0.6) is 0 Å². The lowest BCUT2D eigenvalue weighted by Crippen LogP contribution is -2.01. The first-order valence-corrected chi connectivity index (χ1v) is 5.06. The molecule has 0 unspecified atom stereocenters. The van der Waals surface area contributed by atoms with Crippen LogP contribution >= 0.6 is 11.9 Å². The molecule has 6 nitrogen and oxygen atoms in total. The van der Waals surface area contributed by atoms with Crippen molar-refractivity contribution in [1.29, 1.82) is 0 Å². The highest BCUT2D eigenvalue weighted by atomic mass is 32.2. The predicted octanol–water partition coefficient (Wildman–Crippen LogP) is 0.926. The quantitative estimate of drug-likeness (QED) is 0.762. The summed E-state index contributed by atoms with van der Waals surface area (Å²) < 4.78 is 1.87. The van der Waals surface area contributed by atoms with Crippen molar-refractivity contribution in [3.63, 3.8) is 0 Å². The number of hydrogen-bond donors (Lipinski definition) is 1. The maximum absolute atomic E-state index is 4.81. The zero-order chi connectivity index (χ0) is 9.97. The van der Waals surface area contributed by atoms with E-state index < -0.39 is 0 Å². The van der Waals surface area contributed by atoms with Gasteiger partial charge in [-0.1, -0.05) is 0 Å². The van der Waals surface area contributed by atoms with Gasteiger partial charge in [0.05, 0.1) is 7.11 Å². The second kappa shape index (κ2) is 3.81. The minimum atomic E-state index is 0.615. The van der Waals surface area contributed by atoms with Gasteiger partial charge in [-0.25, -0.2) is 20.4 Å². The highest BCUT2D eigenvalue weighted by Gasteiger charge is 2.09. The summed E-state index contributed by atoms with van der Waals surface area (Å²) in [4.78, 5) is 17.0. The largest absolute Gasteiger partial charge is 0.278 e. The fourth-order valence-electron chi connectivity index (χ4n) is 1.14. The van der Waals surface area contributed by atoms with Crippen LogP contribution in [0.15, 0.2) is 12.7 Å². The molecule has 0 fully saturated rings. The van der Waals surface area contributed by atoms with Crippen molar-refractivity contribution in [1.82, 2.24) is 18.9 Å². The summed E-state index contributed by atoms with van der Waals surface area (Å²) in [7, 11) is 1.54. The Labute approximate surface area is 84.8 Å². The first-order chi connectivity index (χ1) is 6.86. The van der Waals surface area contributed by atoms with E-state index in [9.17, 15) is 0 Å². The van der Waals surface area contributed by atoms with Gasteiger partial charge in [0.25, 0.3) is 0 Å². The van der Waals surface area contributed by atoms with Crippen molar-refractivity contribution in [2.75, 3.05) is 18.8 Å². The van der Waals surface area contributed by atoms with Crippen LogP contribution in [0.4, 0.5) is 5.82 Å². The summed E-state index contributed by atoms with van der Waals surface area (Å²) in [6.07, 6.45) is 5.09. The van der Waals surface area contributed by atoms with Crippen molar-refractivity contribution in [2.24, 2.45) is 0 Å². The molecule has 0 spiro atoms. The minimum Gasteiger partial charge on any atom is -0.278 e. The lowest BCUT2D eigenvalue weighted by atomic mass is 10.5. The molecule has 0 amide bonds. The van der Waals surface area contributed by atoms with Crippen LogP contribution in [-0.2, 0) is 4.84 Å². The third-order valence-corrected chi connectivity index (χ3v) is 2.37. The summed E-state index contributed by atoms with van der Waals surface area (Å²) in [6.45, 7) is 0. The van der Waals surface area contributed by atoms with Crippen LogP contribution in [0.25, 0.3) is 11.2 Å². The van der Waals surface area contributed by atoms with Crippen molar-refractivity contribution in [3.05, 3.63) is 12.7 Å². The predicted molar refractivity (Wildman–Crippen MR) is 54.9 cm³/mol. The average molecular weight is 211 g/mol. The first-order valence-electron chi connectivity index (χ1n) is 3.88. The van der Waals surface area contributed by atoms with Gasteiger partial charge in [0.1, 0.15) is 18.2 Å². The van der Waals surface area contributed by atoms with E-state index in [4.69, 9.17) is 4.84 Å². The van der Waals surface area contributed by atoms with E-state index in [1.54, 1.807) is 6.33 Å². The summed E-state index contributed by atoms with van der Waals surface area (Å²) in [5.41, 5.74) is 4.15. The summed E-state index contributed by atoms with van der Waals surface area (Å²) in [5, 5.41) is 0. The van der Waals surface area contributed by atoms with Crippen molar-refractivity contribution in [2.45, 2.75) is 0 Å². The Kier molecular flexibility index (Phi) is 2.51. The minimum absolute atomic E-state index is 0.615. The summed E-state index contributed by atoms with van der Waals surface area (Å²) in [6, 6.07) is 0. The molecule has 2 rings (SSSR count). The van der Waals surface area contributed by atoms with Gasteiger partial charge in [-0.05, 0) is 11.9 Å². The zero-order valence-electron chi connectivity index (χ0n) is 7.76. The number of aromatic nitrogens is 4. The van der Waals surface area contributed by atoms with E-state index in [2.05, 4.69) is 20.4 Å². The molecular weight excluding hydrogens is 202 g/mol. The van der Waals surface area contributed by atoms with Gasteiger partial charge in [0.15, 0.2) is 11.5 Å². The Morgan fingerprint density at radius 2 is 2.29 bits per heavy atom. The number of rotatable bonds is 3. The SMILES string of the molecule is CONc1ncnc2ncn(SC)c12. The van der Waals surface area contributed by atoms with E-state index in [-0.39, 0.29) is 0 Å². The molecule has 2 aromatic rings. The number of hydrogen-bond acceptors (Lipinski definition) is 6. The molecule has 7 heteroatoms. The Morgan fingerprint density at radius 3 is 3.00 bits per heavy atom. The first kappa shape index (κ1) is 9.22. The number of nitrogens with zero attached hydrogens (tertiary/aromatic N) is 4. The molecule has 0 aliphatic heterocycles. The molecule has 2 aromatic heterocycles. The second-order valence-corrected chi connectivity index (χ2v) is 3.21. The number of fused-ring (bicyclic) bond motifs is 1. The standard InChI is InChI=1S/C7H9N5OS/c1-13-11-7-5-6(8-3-9-7)10-4-12(5)14-2/h3-4H,1-2H3,(H,8,9,11). The van der Waals surface area contributed by atoms with Crippen LogP contribution in [0.3, 0.4) is 0 Å². The molecule has 0 bridgehead atoms. The Bertz CT molecular complexity index is 443. The fourth-order valence-corrected chi connectivity index (χ4v) is 1.63. The van der Waals surface area contributed by atoms with E-state index in [1.807, 2.05) is 10.2 Å². The maximum atomic E-state index is 4.81. The summed E-state index contributed by atoms with van der Waals surface area (Å²) >= 11 is 1.52. The monoisotopic (exact) mass is 211 g/mol. The van der Waals surface area contributed by atoms with E-state index in [1.165, 1.54) is 25.4 Å². The molecule has 0 saturated heterocycles. The van der Waals surface area contributed by atoms with Gasteiger partial charge in [0.2, 0.25) is 0 Å². The van der Waals surface area contributed by atoms with Crippen LogP contribution < -0.4 is 5.48 Å². The third-order valence-electron chi connectivity index (χ3n) is 1.70. The van der Waals surface area contributed by atoms with Gasteiger partial charge < -0.3 is 0 Å². The van der Waals surface area contributed by atoms with E-state index in [0.717, 1.165) is 5.52 Å². The summed E-state index contributed by atoms with van der Waals surface area (Å²) in [5.74, 6) is 0.615. The lowest BCUT2D eigenvalue weighted by Gasteiger charge is -2.04. The van der Waals surface area contributed by atoms with Crippen LogP contribution in [-0.4, -0.2) is 32.3 Å². The van der Waals surface area contributed by atoms with E-state index >= 15 is 0 Å². The Morgan fingerprint density at radius 1 is 1.43 bits per heavy atom. The number of imidazole rings is 1. The molecule has 1 N–H and O–H groups in total. The van der Waals surface area contributed by atoms with Crippen LogP contribution in [0.1, 0.15) is 0 Å². The topological polar surface area (TPSA) is 64.9 Å². The number of nitrogens with one attached hydrogen (secondary N) is 1. The van der Waals surface area contributed by atoms with Crippen molar-refractivity contribution >= 4 is 28.9 Å². The zero-order valence-corrected chi connectivity index (χ0v) is 8.58. The molecule has 0 atom stereocenters. The molecule has 0 saturated carbocycles. The van der Waals surface area contributed by atoms with Gasteiger partial charge in [-0.15, -0.1) is 0 Å². The normalized spacial score (nSPS) is 10.7. The maximum Gasteiger partial charge on any atom is 0.183 e. The van der Waals surface area contributed by atoms with Crippen LogP contribution in [0, 0.1) is 0 Å².